The van der Waals surface area contributed by atoms with Crippen LogP contribution in [0.25, 0.3) is 0 Å². The summed E-state index contributed by atoms with van der Waals surface area (Å²) in [6, 6.07) is 3.53. The van der Waals surface area contributed by atoms with Crippen molar-refractivity contribution in [3.05, 3.63) is 28.8 Å². The number of amides is 5. The number of nitrogens with zero attached hydrogens (tertiary/aromatic N) is 1. The molecule has 0 unspecified atom stereocenters. The Hall–Kier alpha value is -2.90. The summed E-state index contributed by atoms with van der Waals surface area (Å²) in [7, 11) is 0. The highest BCUT2D eigenvalue weighted by Gasteiger charge is 2.52. The van der Waals surface area contributed by atoms with E-state index in [1.54, 1.807) is 0 Å². The van der Waals surface area contributed by atoms with E-state index in [2.05, 4.69) is 16.0 Å². The third-order valence-corrected chi connectivity index (χ3v) is 5.65. The molecule has 1 saturated carbocycles. The van der Waals surface area contributed by atoms with Crippen molar-refractivity contribution >= 4 is 29.4 Å². The Labute approximate surface area is 170 Å². The molecule has 1 aromatic carbocycles. The number of rotatable bonds is 6. The standard InChI is InChI=1S/C21H28N4O4/c1-13-10-14(2)18(15(3)11-13)23-17(27)12-22-16(26)6-9-25-19(28)21(24-20(25)29)7-4-5-8-21/h10-11H,4-9,12H2,1-3H3,(H,22,26)(H,23,27)(H,24,29). The summed E-state index contributed by atoms with van der Waals surface area (Å²) in [5.41, 5.74) is 3.02. The van der Waals surface area contributed by atoms with Crippen LogP contribution in [0, 0.1) is 20.8 Å². The number of nitrogens with one attached hydrogen (secondary N) is 3. The lowest BCUT2D eigenvalue weighted by Gasteiger charge is -2.19. The van der Waals surface area contributed by atoms with Crippen molar-refractivity contribution in [2.45, 2.75) is 58.4 Å². The number of urea groups is 1. The van der Waals surface area contributed by atoms with E-state index in [4.69, 9.17) is 0 Å². The van der Waals surface area contributed by atoms with E-state index in [0.29, 0.717) is 12.8 Å². The molecule has 5 amide bonds. The van der Waals surface area contributed by atoms with Crippen molar-refractivity contribution in [2.24, 2.45) is 0 Å². The minimum atomic E-state index is -0.767. The number of benzene rings is 1. The van der Waals surface area contributed by atoms with Gasteiger partial charge in [0.25, 0.3) is 5.91 Å². The van der Waals surface area contributed by atoms with Crippen molar-refractivity contribution in [3.63, 3.8) is 0 Å². The van der Waals surface area contributed by atoms with Gasteiger partial charge in [-0.2, -0.15) is 0 Å². The number of carbonyl (C=O) groups excluding carboxylic acids is 4. The number of imide groups is 1. The van der Waals surface area contributed by atoms with Crippen molar-refractivity contribution in [1.29, 1.82) is 0 Å². The third kappa shape index (κ3) is 4.41. The van der Waals surface area contributed by atoms with Crippen LogP contribution >= 0.6 is 0 Å². The minimum Gasteiger partial charge on any atom is -0.347 e. The molecule has 8 nitrogen and oxygen atoms in total. The molecule has 3 N–H and O–H groups in total. The molecule has 8 heteroatoms. The Morgan fingerprint density at radius 2 is 1.69 bits per heavy atom. The van der Waals surface area contributed by atoms with Gasteiger partial charge in [-0.25, -0.2) is 4.79 Å². The minimum absolute atomic E-state index is 0.00997. The normalized spacial score (nSPS) is 17.6. The largest absolute Gasteiger partial charge is 0.347 e. The Balaban J connectivity index is 1.46. The van der Waals surface area contributed by atoms with Crippen LogP contribution in [0.1, 0.15) is 48.8 Å². The van der Waals surface area contributed by atoms with E-state index in [1.165, 1.54) is 0 Å². The van der Waals surface area contributed by atoms with Crippen molar-refractivity contribution in [1.82, 2.24) is 15.5 Å². The number of carbonyl (C=O) groups is 4. The van der Waals surface area contributed by atoms with E-state index < -0.39 is 11.6 Å². The van der Waals surface area contributed by atoms with Crippen LogP contribution < -0.4 is 16.0 Å². The third-order valence-electron chi connectivity index (χ3n) is 5.65. The first-order chi connectivity index (χ1) is 13.7. The second-order valence-electron chi connectivity index (χ2n) is 8.02. The first-order valence-electron chi connectivity index (χ1n) is 10.0. The molecule has 1 aromatic rings. The number of aryl methyl sites for hydroxylation is 3. The molecule has 1 spiro atoms. The summed E-state index contributed by atoms with van der Waals surface area (Å²) in [5.74, 6) is -0.949. The average Bonchev–Trinajstić information content (AvgIpc) is 3.20. The predicted octanol–water partition coefficient (Wildman–Crippen LogP) is 1.92. The van der Waals surface area contributed by atoms with Gasteiger partial charge in [0.1, 0.15) is 5.54 Å². The molecular formula is C21H28N4O4. The highest BCUT2D eigenvalue weighted by Crippen LogP contribution is 2.35. The maximum atomic E-state index is 12.6. The van der Waals surface area contributed by atoms with Crippen LogP contribution in [0.2, 0.25) is 0 Å². The molecule has 156 valence electrons. The second-order valence-corrected chi connectivity index (χ2v) is 8.02. The number of hydrogen-bond donors (Lipinski definition) is 3. The predicted molar refractivity (Wildman–Crippen MR) is 108 cm³/mol. The molecular weight excluding hydrogens is 372 g/mol. The molecule has 29 heavy (non-hydrogen) atoms. The molecule has 1 heterocycles. The average molecular weight is 400 g/mol. The fourth-order valence-corrected chi connectivity index (χ4v) is 4.24. The van der Waals surface area contributed by atoms with Crippen LogP contribution in [0.4, 0.5) is 10.5 Å². The molecule has 0 aromatic heterocycles. The van der Waals surface area contributed by atoms with Gasteiger partial charge in [0.05, 0.1) is 6.54 Å². The molecule has 1 saturated heterocycles. The fourth-order valence-electron chi connectivity index (χ4n) is 4.24. The van der Waals surface area contributed by atoms with Crippen LogP contribution in [-0.4, -0.2) is 47.3 Å². The monoisotopic (exact) mass is 400 g/mol. The van der Waals surface area contributed by atoms with Gasteiger partial charge < -0.3 is 16.0 Å². The maximum absolute atomic E-state index is 12.6. The molecule has 3 rings (SSSR count). The van der Waals surface area contributed by atoms with Gasteiger partial charge in [-0.15, -0.1) is 0 Å². The van der Waals surface area contributed by atoms with Crippen molar-refractivity contribution in [3.8, 4) is 0 Å². The Kier molecular flexibility index (Phi) is 5.91. The fraction of sp³-hybridized carbons (Fsp3) is 0.524. The lowest BCUT2D eigenvalue weighted by Crippen LogP contribution is -2.44. The number of anilines is 1. The van der Waals surface area contributed by atoms with E-state index in [0.717, 1.165) is 40.1 Å². The molecule has 0 atom stereocenters. The molecule has 1 aliphatic heterocycles. The van der Waals surface area contributed by atoms with E-state index >= 15 is 0 Å². The zero-order valence-electron chi connectivity index (χ0n) is 17.2. The summed E-state index contributed by atoms with van der Waals surface area (Å²) >= 11 is 0. The van der Waals surface area contributed by atoms with Gasteiger partial charge in [0, 0.05) is 18.7 Å². The summed E-state index contributed by atoms with van der Waals surface area (Å²) < 4.78 is 0. The Bertz CT molecular complexity index is 835. The van der Waals surface area contributed by atoms with Gasteiger partial charge in [-0.1, -0.05) is 30.5 Å². The summed E-state index contributed by atoms with van der Waals surface area (Å²) in [6.07, 6.45) is 3.09. The smallest absolute Gasteiger partial charge is 0.325 e. The topological polar surface area (TPSA) is 108 Å². The molecule has 2 fully saturated rings. The van der Waals surface area contributed by atoms with Gasteiger partial charge in [-0.05, 0) is 44.7 Å². The quantitative estimate of drug-likeness (QED) is 0.634. The van der Waals surface area contributed by atoms with Crippen LogP contribution in [0.15, 0.2) is 12.1 Å². The van der Waals surface area contributed by atoms with Crippen LogP contribution in [0.5, 0.6) is 0 Å². The molecule has 1 aliphatic carbocycles. The molecule has 0 bridgehead atoms. The first kappa shape index (κ1) is 20.8. The number of hydrogen-bond acceptors (Lipinski definition) is 4. The van der Waals surface area contributed by atoms with Crippen molar-refractivity contribution < 1.29 is 19.2 Å². The lowest BCUT2D eigenvalue weighted by molar-refractivity contribution is -0.131. The first-order valence-corrected chi connectivity index (χ1v) is 10.0. The molecule has 0 radical (unpaired) electrons. The van der Waals surface area contributed by atoms with Gasteiger partial charge in [-0.3, -0.25) is 19.3 Å². The zero-order valence-corrected chi connectivity index (χ0v) is 17.2. The van der Waals surface area contributed by atoms with E-state index in [9.17, 15) is 19.2 Å². The van der Waals surface area contributed by atoms with Crippen molar-refractivity contribution in [2.75, 3.05) is 18.4 Å². The SMILES string of the molecule is Cc1cc(C)c(NC(=O)CNC(=O)CCN2C(=O)NC3(CCCC3)C2=O)c(C)c1. The molecule has 2 aliphatic rings. The van der Waals surface area contributed by atoms with Gasteiger partial charge in [0.15, 0.2) is 0 Å². The Morgan fingerprint density at radius 3 is 2.31 bits per heavy atom. The van der Waals surface area contributed by atoms with E-state index in [1.807, 2.05) is 32.9 Å². The highest BCUT2D eigenvalue weighted by molar-refractivity contribution is 6.07. The lowest BCUT2D eigenvalue weighted by atomic mass is 9.98. The highest BCUT2D eigenvalue weighted by atomic mass is 16.2. The summed E-state index contributed by atoms with van der Waals surface area (Å²) in [4.78, 5) is 50.1. The van der Waals surface area contributed by atoms with Gasteiger partial charge >= 0.3 is 6.03 Å². The van der Waals surface area contributed by atoms with Crippen LogP contribution in [0.3, 0.4) is 0 Å². The Morgan fingerprint density at radius 1 is 1.07 bits per heavy atom. The second kappa shape index (κ2) is 8.23. The van der Waals surface area contributed by atoms with E-state index in [-0.39, 0.29) is 37.2 Å². The van der Waals surface area contributed by atoms with Crippen LogP contribution in [-0.2, 0) is 14.4 Å². The maximum Gasteiger partial charge on any atom is 0.325 e. The van der Waals surface area contributed by atoms with Gasteiger partial charge in [0.2, 0.25) is 11.8 Å². The summed E-state index contributed by atoms with van der Waals surface area (Å²) in [5, 5.41) is 8.16. The summed E-state index contributed by atoms with van der Waals surface area (Å²) in [6.45, 7) is 5.67. The zero-order chi connectivity index (χ0) is 21.2.